The van der Waals surface area contributed by atoms with Crippen LogP contribution in [-0.2, 0) is 13.5 Å². The molecule has 0 aliphatic heterocycles. The number of aromatic nitrogens is 2. The van der Waals surface area contributed by atoms with Gasteiger partial charge in [0, 0.05) is 25.4 Å². The van der Waals surface area contributed by atoms with Crippen molar-refractivity contribution in [3.05, 3.63) is 47.8 Å². The van der Waals surface area contributed by atoms with Crippen molar-refractivity contribution in [2.75, 3.05) is 6.61 Å². The van der Waals surface area contributed by atoms with Crippen molar-refractivity contribution >= 4 is 0 Å². The number of nitrogens with zero attached hydrogens (tertiary/aromatic N) is 2. The van der Waals surface area contributed by atoms with Crippen LogP contribution >= 0.6 is 0 Å². The summed E-state index contributed by atoms with van der Waals surface area (Å²) in [4.78, 5) is 0. The largest absolute Gasteiger partial charge is 0.493 e. The van der Waals surface area contributed by atoms with Gasteiger partial charge in [0.15, 0.2) is 0 Å². The molecule has 0 saturated carbocycles. The second-order valence-corrected chi connectivity index (χ2v) is 3.81. The van der Waals surface area contributed by atoms with E-state index in [1.807, 2.05) is 42.2 Å². The van der Waals surface area contributed by atoms with Crippen LogP contribution in [0.5, 0.6) is 5.75 Å². The number of aryl methyl sites for hydroxylation is 2. The number of ether oxygens (including phenoxy) is 1. The minimum absolute atomic E-state index is 0.685. The average molecular weight is 216 g/mol. The van der Waals surface area contributed by atoms with E-state index in [4.69, 9.17) is 4.74 Å². The molecule has 1 aromatic heterocycles. The minimum Gasteiger partial charge on any atom is -0.493 e. The third-order valence-corrected chi connectivity index (χ3v) is 2.63. The monoisotopic (exact) mass is 216 g/mol. The summed E-state index contributed by atoms with van der Waals surface area (Å²) >= 11 is 0. The molecule has 3 nitrogen and oxygen atoms in total. The van der Waals surface area contributed by atoms with E-state index in [0.29, 0.717) is 6.61 Å². The first-order valence-electron chi connectivity index (χ1n) is 5.42. The van der Waals surface area contributed by atoms with E-state index in [-0.39, 0.29) is 0 Å². The number of hydrogen-bond donors (Lipinski definition) is 0. The zero-order valence-electron chi connectivity index (χ0n) is 9.68. The molecule has 0 saturated heterocycles. The first-order valence-corrected chi connectivity index (χ1v) is 5.42. The number of para-hydroxylation sites is 1. The summed E-state index contributed by atoms with van der Waals surface area (Å²) in [5.74, 6) is 0.963. The van der Waals surface area contributed by atoms with Crippen molar-refractivity contribution in [2.45, 2.75) is 13.3 Å². The van der Waals surface area contributed by atoms with Crippen LogP contribution in [0.15, 0.2) is 36.5 Å². The Labute approximate surface area is 95.7 Å². The maximum Gasteiger partial charge on any atom is 0.122 e. The number of hydrogen-bond acceptors (Lipinski definition) is 2. The summed E-state index contributed by atoms with van der Waals surface area (Å²) in [5, 5.41) is 4.12. The Balaban J connectivity index is 1.89. The van der Waals surface area contributed by atoms with Crippen LogP contribution in [0.3, 0.4) is 0 Å². The summed E-state index contributed by atoms with van der Waals surface area (Å²) in [6, 6.07) is 10.1. The zero-order chi connectivity index (χ0) is 11.4. The fourth-order valence-electron chi connectivity index (χ4n) is 1.63. The Morgan fingerprint density at radius 1 is 1.25 bits per heavy atom. The lowest BCUT2D eigenvalue weighted by atomic mass is 10.2. The van der Waals surface area contributed by atoms with Crippen molar-refractivity contribution in [1.82, 2.24) is 9.78 Å². The third kappa shape index (κ3) is 2.42. The second-order valence-electron chi connectivity index (χ2n) is 3.81. The van der Waals surface area contributed by atoms with Crippen molar-refractivity contribution in [1.29, 1.82) is 0 Å². The van der Waals surface area contributed by atoms with Gasteiger partial charge in [0.1, 0.15) is 5.75 Å². The fraction of sp³-hybridized carbons (Fsp3) is 0.308. The number of rotatable bonds is 4. The van der Waals surface area contributed by atoms with Crippen LogP contribution in [0.2, 0.25) is 0 Å². The molecule has 0 radical (unpaired) electrons. The minimum atomic E-state index is 0.685. The lowest BCUT2D eigenvalue weighted by Gasteiger charge is -2.08. The predicted octanol–water partition coefficient (Wildman–Crippen LogP) is 2.35. The van der Waals surface area contributed by atoms with Gasteiger partial charge in [-0.05, 0) is 24.6 Å². The molecule has 0 fully saturated rings. The van der Waals surface area contributed by atoms with Crippen LogP contribution in [0, 0.1) is 6.92 Å². The molecule has 0 unspecified atom stereocenters. The SMILES string of the molecule is Cc1ccccc1OCCc1ccnn1C. The summed E-state index contributed by atoms with van der Waals surface area (Å²) in [5.41, 5.74) is 2.36. The zero-order valence-corrected chi connectivity index (χ0v) is 9.68. The normalized spacial score (nSPS) is 10.4. The van der Waals surface area contributed by atoms with Gasteiger partial charge >= 0.3 is 0 Å². The molecular weight excluding hydrogens is 200 g/mol. The number of benzene rings is 1. The van der Waals surface area contributed by atoms with Crippen molar-refractivity contribution in [2.24, 2.45) is 7.05 Å². The molecule has 16 heavy (non-hydrogen) atoms. The molecule has 0 atom stereocenters. The van der Waals surface area contributed by atoms with E-state index in [0.717, 1.165) is 12.2 Å². The van der Waals surface area contributed by atoms with Gasteiger partial charge in [0.25, 0.3) is 0 Å². The van der Waals surface area contributed by atoms with Gasteiger partial charge in [-0.15, -0.1) is 0 Å². The molecule has 0 amide bonds. The van der Waals surface area contributed by atoms with E-state index in [2.05, 4.69) is 18.1 Å². The van der Waals surface area contributed by atoms with Gasteiger partial charge in [0.2, 0.25) is 0 Å². The second kappa shape index (κ2) is 4.84. The van der Waals surface area contributed by atoms with Gasteiger partial charge in [0.05, 0.1) is 6.61 Å². The van der Waals surface area contributed by atoms with E-state index in [1.165, 1.54) is 11.3 Å². The molecule has 2 aromatic rings. The maximum absolute atomic E-state index is 5.72. The molecule has 0 spiro atoms. The van der Waals surface area contributed by atoms with Gasteiger partial charge in [-0.1, -0.05) is 18.2 Å². The summed E-state index contributed by atoms with van der Waals surface area (Å²) in [7, 11) is 1.95. The maximum atomic E-state index is 5.72. The molecule has 84 valence electrons. The Kier molecular flexibility index (Phi) is 3.25. The van der Waals surface area contributed by atoms with Crippen LogP contribution in [0.1, 0.15) is 11.3 Å². The van der Waals surface area contributed by atoms with E-state index < -0.39 is 0 Å². The highest BCUT2D eigenvalue weighted by molar-refractivity contribution is 5.31. The van der Waals surface area contributed by atoms with Crippen LogP contribution in [-0.4, -0.2) is 16.4 Å². The van der Waals surface area contributed by atoms with Gasteiger partial charge in [-0.3, -0.25) is 4.68 Å². The first-order chi connectivity index (χ1) is 7.77. The molecule has 0 aliphatic carbocycles. The first kappa shape index (κ1) is 10.7. The quantitative estimate of drug-likeness (QED) is 0.784. The highest BCUT2D eigenvalue weighted by Crippen LogP contribution is 2.16. The molecule has 1 aromatic carbocycles. The fourth-order valence-corrected chi connectivity index (χ4v) is 1.63. The average Bonchev–Trinajstić information content (AvgIpc) is 2.67. The van der Waals surface area contributed by atoms with E-state index >= 15 is 0 Å². The van der Waals surface area contributed by atoms with E-state index in [9.17, 15) is 0 Å². The Bertz CT molecular complexity index is 462. The molecule has 0 bridgehead atoms. The third-order valence-electron chi connectivity index (χ3n) is 2.63. The topological polar surface area (TPSA) is 27.1 Å². The van der Waals surface area contributed by atoms with E-state index in [1.54, 1.807) is 0 Å². The van der Waals surface area contributed by atoms with Crippen LogP contribution in [0.25, 0.3) is 0 Å². The van der Waals surface area contributed by atoms with Crippen molar-refractivity contribution in [3.63, 3.8) is 0 Å². The molecule has 2 rings (SSSR count). The van der Waals surface area contributed by atoms with Gasteiger partial charge < -0.3 is 4.74 Å². The standard InChI is InChI=1S/C13H16N2O/c1-11-5-3-4-6-13(11)16-10-8-12-7-9-14-15(12)2/h3-7,9H,8,10H2,1-2H3. The smallest absolute Gasteiger partial charge is 0.122 e. The molecule has 0 aliphatic rings. The highest BCUT2D eigenvalue weighted by atomic mass is 16.5. The lowest BCUT2D eigenvalue weighted by molar-refractivity contribution is 0.316. The van der Waals surface area contributed by atoms with Gasteiger partial charge in [-0.25, -0.2) is 0 Å². The molecule has 3 heteroatoms. The Morgan fingerprint density at radius 3 is 2.75 bits per heavy atom. The lowest BCUT2D eigenvalue weighted by Crippen LogP contribution is -2.06. The highest BCUT2D eigenvalue weighted by Gasteiger charge is 2.00. The van der Waals surface area contributed by atoms with Crippen LogP contribution in [0.4, 0.5) is 0 Å². The van der Waals surface area contributed by atoms with Crippen molar-refractivity contribution in [3.8, 4) is 5.75 Å². The molecule has 0 N–H and O–H groups in total. The van der Waals surface area contributed by atoms with Crippen LogP contribution < -0.4 is 4.74 Å². The Hall–Kier alpha value is -1.77. The predicted molar refractivity (Wildman–Crippen MR) is 63.6 cm³/mol. The van der Waals surface area contributed by atoms with Crippen molar-refractivity contribution < 1.29 is 4.74 Å². The summed E-state index contributed by atoms with van der Waals surface area (Å²) < 4.78 is 7.60. The summed E-state index contributed by atoms with van der Waals surface area (Å²) in [6.45, 7) is 2.74. The molecular formula is C13H16N2O. The molecule has 1 heterocycles. The Morgan fingerprint density at radius 2 is 2.06 bits per heavy atom. The summed E-state index contributed by atoms with van der Waals surface area (Å²) in [6.07, 6.45) is 2.69. The van der Waals surface area contributed by atoms with Gasteiger partial charge in [-0.2, -0.15) is 5.10 Å².